The number of carboxylic acid groups (broad SMARTS) is 1. The number of hydrogen-bond acceptors (Lipinski definition) is 3. The molecule has 0 atom stereocenters. The van der Waals surface area contributed by atoms with Gasteiger partial charge in [-0.2, -0.15) is 5.10 Å². The van der Waals surface area contributed by atoms with Gasteiger partial charge in [-0.3, -0.25) is 14.3 Å². The average molecular weight is 279 g/mol. The highest BCUT2D eigenvalue weighted by Crippen LogP contribution is 2.37. The molecule has 2 rings (SSSR count). The summed E-state index contributed by atoms with van der Waals surface area (Å²) in [6, 6.07) is 1.91. The summed E-state index contributed by atoms with van der Waals surface area (Å²) < 4.78 is 1.63. The number of nitrogens with zero attached hydrogens (tertiary/aromatic N) is 2. The molecule has 1 aromatic heterocycles. The van der Waals surface area contributed by atoms with E-state index in [0.717, 1.165) is 24.2 Å². The minimum Gasteiger partial charge on any atom is -0.481 e. The van der Waals surface area contributed by atoms with Crippen LogP contribution in [-0.2, 0) is 16.1 Å². The van der Waals surface area contributed by atoms with Gasteiger partial charge < -0.3 is 10.4 Å². The number of amides is 1. The molecule has 2 N–H and O–H groups in total. The fourth-order valence-corrected chi connectivity index (χ4v) is 2.81. The van der Waals surface area contributed by atoms with Crippen LogP contribution in [0.4, 0.5) is 0 Å². The van der Waals surface area contributed by atoms with Crippen molar-refractivity contribution in [2.45, 2.75) is 46.1 Å². The first-order valence-electron chi connectivity index (χ1n) is 6.94. The summed E-state index contributed by atoms with van der Waals surface area (Å²) in [7, 11) is 0. The van der Waals surface area contributed by atoms with E-state index in [4.69, 9.17) is 0 Å². The van der Waals surface area contributed by atoms with Gasteiger partial charge in [0.1, 0.15) is 6.54 Å². The van der Waals surface area contributed by atoms with Crippen LogP contribution in [0.2, 0.25) is 0 Å². The number of aliphatic carboxylic acids is 1. The Morgan fingerprint density at radius 1 is 1.40 bits per heavy atom. The average Bonchev–Trinajstić information content (AvgIpc) is 2.95. The predicted molar refractivity (Wildman–Crippen MR) is 73.2 cm³/mol. The lowest BCUT2D eigenvalue weighted by Gasteiger charge is -2.24. The molecule has 1 amide bonds. The minimum absolute atomic E-state index is 0.134. The van der Waals surface area contributed by atoms with Crippen molar-refractivity contribution >= 4 is 11.9 Å². The first-order chi connectivity index (χ1) is 9.43. The van der Waals surface area contributed by atoms with Gasteiger partial charge in [-0.15, -0.1) is 0 Å². The van der Waals surface area contributed by atoms with E-state index in [0.29, 0.717) is 12.8 Å². The molecule has 0 unspecified atom stereocenters. The first kappa shape index (κ1) is 14.6. The molecule has 0 aliphatic heterocycles. The van der Waals surface area contributed by atoms with E-state index in [-0.39, 0.29) is 19.0 Å². The molecule has 110 valence electrons. The Balaban J connectivity index is 1.92. The van der Waals surface area contributed by atoms with Crippen molar-refractivity contribution in [3.8, 4) is 0 Å². The SMILES string of the molecule is Cc1cc(C)n(CC(=O)NCC2(C(=O)O)CCCC2)n1. The predicted octanol–water partition coefficient (Wildman–Crippen LogP) is 1.26. The molecule has 0 radical (unpaired) electrons. The zero-order valence-corrected chi connectivity index (χ0v) is 12.0. The molecule has 1 aliphatic carbocycles. The van der Waals surface area contributed by atoms with Gasteiger partial charge in [0.05, 0.1) is 11.1 Å². The third kappa shape index (κ3) is 3.00. The molecule has 6 heteroatoms. The van der Waals surface area contributed by atoms with Crippen molar-refractivity contribution in [2.75, 3.05) is 6.54 Å². The summed E-state index contributed by atoms with van der Waals surface area (Å²) in [5.74, 6) is -0.995. The number of rotatable bonds is 5. The second-order valence-corrected chi connectivity index (χ2v) is 5.65. The molecule has 0 saturated heterocycles. The lowest BCUT2D eigenvalue weighted by atomic mass is 9.86. The molecule has 6 nitrogen and oxygen atoms in total. The monoisotopic (exact) mass is 279 g/mol. The second kappa shape index (κ2) is 5.64. The number of carbonyl (C=O) groups is 2. The van der Waals surface area contributed by atoms with E-state index in [1.165, 1.54) is 0 Å². The Kier molecular flexibility index (Phi) is 4.11. The summed E-state index contributed by atoms with van der Waals surface area (Å²) in [5.41, 5.74) is 1.02. The normalized spacial score (nSPS) is 17.1. The standard InChI is InChI=1S/C14H21N3O3/c1-10-7-11(2)17(16-10)8-12(18)15-9-14(13(19)20)5-3-4-6-14/h7H,3-6,8-9H2,1-2H3,(H,15,18)(H,19,20). The zero-order valence-electron chi connectivity index (χ0n) is 12.0. The highest BCUT2D eigenvalue weighted by Gasteiger charge is 2.41. The number of carboxylic acids is 1. The van der Waals surface area contributed by atoms with Crippen molar-refractivity contribution < 1.29 is 14.7 Å². The van der Waals surface area contributed by atoms with Crippen LogP contribution in [0, 0.1) is 19.3 Å². The number of hydrogen-bond donors (Lipinski definition) is 2. The van der Waals surface area contributed by atoms with E-state index in [9.17, 15) is 14.7 Å². The Morgan fingerprint density at radius 3 is 2.55 bits per heavy atom. The van der Waals surface area contributed by atoms with Gasteiger partial charge in [0.2, 0.25) is 5.91 Å². The van der Waals surface area contributed by atoms with Crippen LogP contribution in [0.1, 0.15) is 37.1 Å². The Bertz CT molecular complexity index is 516. The van der Waals surface area contributed by atoms with Gasteiger partial charge in [0.25, 0.3) is 0 Å². The zero-order chi connectivity index (χ0) is 14.8. The van der Waals surface area contributed by atoms with E-state index < -0.39 is 11.4 Å². The smallest absolute Gasteiger partial charge is 0.311 e. The van der Waals surface area contributed by atoms with E-state index in [1.807, 2.05) is 19.9 Å². The highest BCUT2D eigenvalue weighted by molar-refractivity contribution is 5.79. The number of nitrogens with one attached hydrogen (secondary N) is 1. The first-order valence-corrected chi connectivity index (χ1v) is 6.94. The topological polar surface area (TPSA) is 84.2 Å². The summed E-state index contributed by atoms with van der Waals surface area (Å²) in [5, 5.41) is 16.3. The molecule has 0 bridgehead atoms. The van der Waals surface area contributed by atoms with Crippen molar-refractivity contribution in [1.82, 2.24) is 15.1 Å². The van der Waals surface area contributed by atoms with E-state index in [1.54, 1.807) is 4.68 Å². The summed E-state index contributed by atoms with van der Waals surface area (Å²) in [6.45, 7) is 4.11. The molecule has 1 heterocycles. The molecule has 0 aromatic carbocycles. The molecular weight excluding hydrogens is 258 g/mol. The van der Waals surface area contributed by atoms with E-state index >= 15 is 0 Å². The van der Waals surface area contributed by atoms with Crippen molar-refractivity contribution in [3.63, 3.8) is 0 Å². The van der Waals surface area contributed by atoms with Crippen LogP contribution < -0.4 is 5.32 Å². The van der Waals surface area contributed by atoms with Crippen molar-refractivity contribution in [3.05, 3.63) is 17.5 Å². The summed E-state index contributed by atoms with van der Waals surface area (Å²) >= 11 is 0. The van der Waals surface area contributed by atoms with Gasteiger partial charge in [-0.25, -0.2) is 0 Å². The van der Waals surface area contributed by atoms with Crippen LogP contribution in [0.15, 0.2) is 6.07 Å². The highest BCUT2D eigenvalue weighted by atomic mass is 16.4. The molecule has 0 spiro atoms. The van der Waals surface area contributed by atoms with Crippen LogP contribution in [0.5, 0.6) is 0 Å². The fraction of sp³-hybridized carbons (Fsp3) is 0.643. The summed E-state index contributed by atoms with van der Waals surface area (Å²) in [4.78, 5) is 23.3. The van der Waals surface area contributed by atoms with Gasteiger partial charge in [-0.05, 0) is 32.8 Å². The van der Waals surface area contributed by atoms with Crippen LogP contribution in [-0.4, -0.2) is 33.3 Å². The molecular formula is C14H21N3O3. The quantitative estimate of drug-likeness (QED) is 0.850. The summed E-state index contributed by atoms with van der Waals surface area (Å²) in [6.07, 6.45) is 3.12. The third-order valence-corrected chi connectivity index (χ3v) is 4.04. The lowest BCUT2D eigenvalue weighted by Crippen LogP contribution is -2.42. The van der Waals surface area contributed by atoms with Gasteiger partial charge in [0.15, 0.2) is 0 Å². The van der Waals surface area contributed by atoms with Crippen molar-refractivity contribution in [1.29, 1.82) is 0 Å². The second-order valence-electron chi connectivity index (χ2n) is 5.65. The van der Waals surface area contributed by atoms with E-state index in [2.05, 4.69) is 10.4 Å². The van der Waals surface area contributed by atoms with Gasteiger partial charge in [0, 0.05) is 12.2 Å². The Labute approximate surface area is 118 Å². The maximum Gasteiger partial charge on any atom is 0.311 e. The van der Waals surface area contributed by atoms with Crippen LogP contribution >= 0.6 is 0 Å². The van der Waals surface area contributed by atoms with Crippen LogP contribution in [0.25, 0.3) is 0 Å². The number of aryl methyl sites for hydroxylation is 2. The molecule has 1 aromatic rings. The Morgan fingerprint density at radius 2 is 2.05 bits per heavy atom. The molecule has 20 heavy (non-hydrogen) atoms. The lowest BCUT2D eigenvalue weighted by molar-refractivity contribution is -0.148. The van der Waals surface area contributed by atoms with Gasteiger partial charge >= 0.3 is 5.97 Å². The van der Waals surface area contributed by atoms with Crippen LogP contribution in [0.3, 0.4) is 0 Å². The maximum atomic E-state index is 11.9. The largest absolute Gasteiger partial charge is 0.481 e. The maximum absolute atomic E-state index is 11.9. The molecule has 1 aliphatic rings. The number of aromatic nitrogens is 2. The fourth-order valence-electron chi connectivity index (χ4n) is 2.81. The third-order valence-electron chi connectivity index (χ3n) is 4.04. The molecule has 1 saturated carbocycles. The molecule has 1 fully saturated rings. The van der Waals surface area contributed by atoms with Gasteiger partial charge in [-0.1, -0.05) is 12.8 Å². The minimum atomic E-state index is -0.804. The van der Waals surface area contributed by atoms with Crippen molar-refractivity contribution in [2.24, 2.45) is 5.41 Å². The Hall–Kier alpha value is -1.85. The number of carbonyl (C=O) groups excluding carboxylic acids is 1.